The Hall–Kier alpha value is -2.09. The fourth-order valence-corrected chi connectivity index (χ4v) is 10.5. The number of benzene rings is 1. The highest BCUT2D eigenvalue weighted by Gasteiger charge is 2.45. The van der Waals surface area contributed by atoms with E-state index in [4.69, 9.17) is 24.2 Å². The topological polar surface area (TPSA) is 90.4 Å². The van der Waals surface area contributed by atoms with E-state index >= 15 is 0 Å². The number of rotatable bonds is 19. The number of carbonyl (C=O) groups is 1. The molecule has 2 atom stereocenters. The van der Waals surface area contributed by atoms with Crippen LogP contribution in [0.2, 0.25) is 16.6 Å². The van der Waals surface area contributed by atoms with Crippen LogP contribution in [0.1, 0.15) is 66.9 Å². The summed E-state index contributed by atoms with van der Waals surface area (Å²) in [5, 5.41) is 0. The van der Waals surface area contributed by atoms with Gasteiger partial charge in [0.2, 0.25) is 0 Å². The van der Waals surface area contributed by atoms with Gasteiger partial charge < -0.3 is 24.2 Å². The van der Waals surface area contributed by atoms with Gasteiger partial charge in [0.15, 0.2) is 8.32 Å². The SMILES string of the molecule is C=C(CO[C@H](CCCOCc1ccc(OC)cc1)C(=O)C=[N+]=[N-])[C@H](C)CO[Si](C(C)C)(C(C)C)C(C)C. The third-order valence-electron chi connectivity index (χ3n) is 7.14. The third kappa shape index (κ3) is 10.3. The van der Waals surface area contributed by atoms with E-state index in [0.717, 1.165) is 23.1 Å². The highest BCUT2D eigenvalue weighted by molar-refractivity contribution is 6.77. The van der Waals surface area contributed by atoms with Crippen molar-refractivity contribution in [1.29, 1.82) is 0 Å². The Balaban J connectivity index is 2.59. The predicted molar refractivity (Wildman–Crippen MR) is 152 cm³/mol. The van der Waals surface area contributed by atoms with Crippen LogP contribution < -0.4 is 4.74 Å². The van der Waals surface area contributed by atoms with E-state index in [1.54, 1.807) is 7.11 Å². The molecule has 0 spiro atoms. The van der Waals surface area contributed by atoms with Crippen molar-refractivity contribution < 1.29 is 28.2 Å². The third-order valence-corrected chi connectivity index (χ3v) is 13.2. The van der Waals surface area contributed by atoms with E-state index in [2.05, 4.69) is 59.8 Å². The van der Waals surface area contributed by atoms with Crippen molar-refractivity contribution in [3.8, 4) is 5.75 Å². The lowest BCUT2D eigenvalue weighted by Crippen LogP contribution is -2.48. The highest BCUT2D eigenvalue weighted by atomic mass is 28.4. The van der Waals surface area contributed by atoms with E-state index in [-0.39, 0.29) is 18.3 Å². The quantitative estimate of drug-likeness (QED) is 0.0498. The number of Topliss-reactive ketones (excluding diaryl/α,β-unsaturated/α-hetero) is 1. The van der Waals surface area contributed by atoms with E-state index in [1.807, 2.05) is 24.3 Å². The maximum absolute atomic E-state index is 12.4. The second kappa shape index (κ2) is 16.7. The zero-order valence-corrected chi connectivity index (χ0v) is 25.2. The van der Waals surface area contributed by atoms with Gasteiger partial charge in [-0.3, -0.25) is 4.79 Å². The molecule has 0 fully saturated rings. The average Bonchev–Trinajstić information content (AvgIpc) is 2.85. The second-order valence-electron chi connectivity index (χ2n) is 10.7. The fraction of sp³-hybridized carbons (Fsp3) is 0.655. The standard InChI is InChI=1S/C29H48N2O5Si/c1-21(2)37(22(3)4,23(5)6)36-19-25(8)24(7)18-35-29(28(32)17-31-30)11-10-16-34-20-26-12-14-27(33-9)15-13-26/h12-15,17,21-23,25,29H,7,10-11,16,18-20H2,1-6,8-9H3/t25-,29-/m1/s1. The summed E-state index contributed by atoms with van der Waals surface area (Å²) in [7, 11) is -0.332. The van der Waals surface area contributed by atoms with Gasteiger partial charge in [-0.25, -0.2) is 0 Å². The Morgan fingerprint density at radius 3 is 2.16 bits per heavy atom. The van der Waals surface area contributed by atoms with Crippen LogP contribution in [0.3, 0.4) is 0 Å². The molecule has 0 radical (unpaired) electrons. The Bertz CT molecular complexity index is 857. The van der Waals surface area contributed by atoms with Crippen molar-refractivity contribution in [1.82, 2.24) is 0 Å². The normalized spacial score (nSPS) is 13.5. The van der Waals surface area contributed by atoms with Crippen LogP contribution in [-0.4, -0.2) is 58.1 Å². The first-order valence-electron chi connectivity index (χ1n) is 13.3. The maximum Gasteiger partial charge on any atom is 0.325 e. The van der Waals surface area contributed by atoms with Gasteiger partial charge in [0.05, 0.1) is 20.3 Å². The number of carbonyl (C=O) groups excluding carboxylic acids is 1. The lowest BCUT2D eigenvalue weighted by molar-refractivity contribution is -0.127. The van der Waals surface area contributed by atoms with E-state index in [0.29, 0.717) is 49.3 Å². The molecule has 0 unspecified atom stereocenters. The molecule has 7 nitrogen and oxygen atoms in total. The first-order chi connectivity index (χ1) is 17.5. The molecule has 0 aliphatic rings. The molecule has 0 aliphatic carbocycles. The van der Waals surface area contributed by atoms with Gasteiger partial charge in [0, 0.05) is 19.1 Å². The van der Waals surface area contributed by atoms with Gasteiger partial charge in [0.1, 0.15) is 11.9 Å². The monoisotopic (exact) mass is 532 g/mol. The molecule has 0 N–H and O–H groups in total. The molecule has 0 bridgehead atoms. The Kier molecular flexibility index (Phi) is 14.9. The molecule has 8 heteroatoms. The fourth-order valence-electron chi connectivity index (χ4n) is 4.97. The minimum absolute atomic E-state index is 0.0956. The molecular formula is C29H48N2O5Si. The molecular weight excluding hydrogens is 484 g/mol. The Labute approximate surface area is 225 Å². The van der Waals surface area contributed by atoms with Crippen LogP contribution in [0, 0.1) is 5.92 Å². The summed E-state index contributed by atoms with van der Waals surface area (Å²) in [6.07, 6.45) is 1.25. The summed E-state index contributed by atoms with van der Waals surface area (Å²) < 4.78 is 23.6. The van der Waals surface area contributed by atoms with Crippen LogP contribution in [0.15, 0.2) is 36.4 Å². The van der Waals surface area contributed by atoms with Crippen LogP contribution in [-0.2, 0) is 25.3 Å². The molecule has 0 heterocycles. The molecule has 1 aromatic carbocycles. The van der Waals surface area contributed by atoms with Crippen LogP contribution in [0.25, 0.3) is 5.53 Å². The minimum Gasteiger partial charge on any atom is -0.497 e. The van der Waals surface area contributed by atoms with E-state index in [1.165, 1.54) is 0 Å². The molecule has 1 aromatic rings. The summed E-state index contributed by atoms with van der Waals surface area (Å²) in [5.41, 5.74) is 12.3. The number of ether oxygens (including phenoxy) is 3. The minimum atomic E-state index is -1.97. The zero-order valence-electron chi connectivity index (χ0n) is 24.2. The summed E-state index contributed by atoms with van der Waals surface area (Å²) in [5.74, 6) is 0.523. The number of nitrogens with zero attached hydrogens (tertiary/aromatic N) is 2. The van der Waals surface area contributed by atoms with Crippen molar-refractivity contribution in [3.63, 3.8) is 0 Å². The Morgan fingerprint density at radius 1 is 1.05 bits per heavy atom. The van der Waals surface area contributed by atoms with Gasteiger partial charge in [-0.05, 0) is 52.7 Å². The molecule has 37 heavy (non-hydrogen) atoms. The average molecular weight is 533 g/mol. The van der Waals surface area contributed by atoms with Crippen LogP contribution in [0.4, 0.5) is 0 Å². The van der Waals surface area contributed by atoms with Gasteiger partial charge in [-0.2, -0.15) is 4.79 Å². The molecule has 0 saturated heterocycles. The van der Waals surface area contributed by atoms with E-state index < -0.39 is 14.4 Å². The zero-order chi connectivity index (χ0) is 28.0. The maximum atomic E-state index is 12.4. The molecule has 0 saturated carbocycles. The van der Waals surface area contributed by atoms with Gasteiger partial charge in [0.25, 0.3) is 5.78 Å². The summed E-state index contributed by atoms with van der Waals surface area (Å²) >= 11 is 0. The number of ketones is 1. The summed E-state index contributed by atoms with van der Waals surface area (Å²) in [6.45, 7) is 21.7. The summed E-state index contributed by atoms with van der Waals surface area (Å²) in [6, 6.07) is 7.70. The number of hydrogen-bond acceptors (Lipinski definition) is 5. The molecule has 0 aromatic heterocycles. The van der Waals surface area contributed by atoms with Crippen molar-refractivity contribution in [2.45, 2.75) is 90.6 Å². The number of hydrogen-bond donors (Lipinski definition) is 0. The Morgan fingerprint density at radius 2 is 1.65 bits per heavy atom. The van der Waals surface area contributed by atoms with Gasteiger partial charge >= 0.3 is 6.21 Å². The molecule has 1 rings (SSSR count). The number of methoxy groups -OCH3 is 1. The van der Waals surface area contributed by atoms with Crippen LogP contribution in [0.5, 0.6) is 5.75 Å². The van der Waals surface area contributed by atoms with E-state index in [9.17, 15) is 4.79 Å². The second-order valence-corrected chi connectivity index (χ2v) is 16.1. The first kappa shape index (κ1) is 32.9. The van der Waals surface area contributed by atoms with Crippen molar-refractivity contribution >= 4 is 20.3 Å². The van der Waals surface area contributed by atoms with Crippen molar-refractivity contribution in [3.05, 3.63) is 47.5 Å². The molecule has 0 amide bonds. The molecule has 0 aliphatic heterocycles. The van der Waals surface area contributed by atoms with Gasteiger partial charge in [-0.1, -0.05) is 67.2 Å². The molecule has 208 valence electrons. The van der Waals surface area contributed by atoms with Crippen molar-refractivity contribution in [2.75, 3.05) is 26.9 Å². The predicted octanol–water partition coefficient (Wildman–Crippen LogP) is 6.63. The summed E-state index contributed by atoms with van der Waals surface area (Å²) in [4.78, 5) is 15.3. The van der Waals surface area contributed by atoms with Gasteiger partial charge in [-0.15, -0.1) is 0 Å². The van der Waals surface area contributed by atoms with Crippen LogP contribution >= 0.6 is 0 Å². The largest absolute Gasteiger partial charge is 0.497 e. The lowest BCUT2D eigenvalue weighted by atomic mass is 10.0. The first-order valence-corrected chi connectivity index (χ1v) is 15.5. The lowest BCUT2D eigenvalue weighted by Gasteiger charge is -2.43. The smallest absolute Gasteiger partial charge is 0.325 e. The van der Waals surface area contributed by atoms with Crippen molar-refractivity contribution in [2.24, 2.45) is 5.92 Å². The highest BCUT2D eigenvalue weighted by Crippen LogP contribution is 2.42.